The van der Waals surface area contributed by atoms with Crippen LogP contribution in [0.2, 0.25) is 0 Å². The molecule has 7 nitrogen and oxygen atoms in total. The van der Waals surface area contributed by atoms with Crippen LogP contribution in [0.3, 0.4) is 0 Å². The predicted molar refractivity (Wildman–Crippen MR) is 86.6 cm³/mol. The maximum atomic E-state index is 5.39. The van der Waals surface area contributed by atoms with Crippen molar-refractivity contribution in [3.63, 3.8) is 0 Å². The summed E-state index contributed by atoms with van der Waals surface area (Å²) in [5.74, 6) is 0. The van der Waals surface area contributed by atoms with Crippen LogP contribution >= 0.6 is 0 Å². The summed E-state index contributed by atoms with van der Waals surface area (Å²) in [6.07, 6.45) is 0. The molecule has 0 fully saturated rings. The second kappa shape index (κ2) is 20.7. The molecule has 0 spiro atoms. The summed E-state index contributed by atoms with van der Waals surface area (Å²) >= 11 is 0. The highest BCUT2D eigenvalue weighted by Crippen LogP contribution is 1.83. The number of ether oxygens (including phenoxy) is 5. The van der Waals surface area contributed by atoms with Gasteiger partial charge in [0, 0.05) is 13.1 Å². The first-order valence-electron chi connectivity index (χ1n) is 8.15. The van der Waals surface area contributed by atoms with Gasteiger partial charge in [0.2, 0.25) is 0 Å². The topological polar surface area (TPSA) is 70.2 Å². The highest BCUT2D eigenvalue weighted by Gasteiger charge is 1.93. The van der Waals surface area contributed by atoms with Crippen LogP contribution in [0.5, 0.6) is 0 Å². The molecule has 22 heavy (non-hydrogen) atoms. The summed E-state index contributed by atoms with van der Waals surface area (Å²) < 4.78 is 26.8. The number of nitrogens with one attached hydrogen (secondary N) is 2. The van der Waals surface area contributed by atoms with Crippen LogP contribution in [0.25, 0.3) is 0 Å². The average molecular weight is 322 g/mol. The molecule has 0 saturated carbocycles. The summed E-state index contributed by atoms with van der Waals surface area (Å²) in [4.78, 5) is 0. The first-order chi connectivity index (χ1) is 10.9. The molecular formula is C15H34N2O5. The fraction of sp³-hybridized carbons (Fsp3) is 1.00. The van der Waals surface area contributed by atoms with Crippen molar-refractivity contribution in [2.24, 2.45) is 0 Å². The third-order valence-electron chi connectivity index (χ3n) is 2.66. The summed E-state index contributed by atoms with van der Waals surface area (Å²) in [7, 11) is 1.90. The summed E-state index contributed by atoms with van der Waals surface area (Å²) in [5.41, 5.74) is 0. The molecule has 134 valence electrons. The predicted octanol–water partition coefficient (Wildman–Crippen LogP) is -0.102. The fourth-order valence-corrected chi connectivity index (χ4v) is 1.48. The lowest BCUT2D eigenvalue weighted by Gasteiger charge is -2.08. The van der Waals surface area contributed by atoms with Crippen LogP contribution in [-0.4, -0.2) is 92.8 Å². The van der Waals surface area contributed by atoms with Gasteiger partial charge in [-0.15, -0.1) is 0 Å². The first kappa shape index (κ1) is 21.7. The highest BCUT2D eigenvalue weighted by molar-refractivity contribution is 4.40. The lowest BCUT2D eigenvalue weighted by molar-refractivity contribution is -0.0105. The molecule has 0 amide bonds. The molecule has 0 aromatic heterocycles. The van der Waals surface area contributed by atoms with Gasteiger partial charge in [0.15, 0.2) is 0 Å². The monoisotopic (exact) mass is 322 g/mol. The summed E-state index contributed by atoms with van der Waals surface area (Å²) in [6, 6.07) is 0. The van der Waals surface area contributed by atoms with E-state index in [-0.39, 0.29) is 0 Å². The van der Waals surface area contributed by atoms with E-state index in [1.165, 1.54) is 0 Å². The second-order valence-corrected chi connectivity index (χ2v) is 4.52. The van der Waals surface area contributed by atoms with Crippen molar-refractivity contribution >= 4 is 0 Å². The van der Waals surface area contributed by atoms with Gasteiger partial charge in [-0.3, -0.25) is 0 Å². The Kier molecular flexibility index (Phi) is 20.5. The smallest absolute Gasteiger partial charge is 0.0701 e. The molecule has 0 saturated heterocycles. The average Bonchev–Trinajstić information content (AvgIpc) is 2.54. The molecule has 0 heterocycles. The largest absolute Gasteiger partial charge is 0.378 e. The van der Waals surface area contributed by atoms with E-state index in [4.69, 9.17) is 23.7 Å². The van der Waals surface area contributed by atoms with Gasteiger partial charge in [0.1, 0.15) is 0 Å². The SMILES string of the molecule is CCNCCOCCOCCOCCOCCOCCNC. The van der Waals surface area contributed by atoms with Crippen LogP contribution < -0.4 is 10.6 Å². The Morgan fingerprint density at radius 1 is 0.545 bits per heavy atom. The molecule has 0 rings (SSSR count). The Morgan fingerprint density at radius 3 is 1.27 bits per heavy atom. The van der Waals surface area contributed by atoms with Crippen LogP contribution in [0, 0.1) is 0 Å². The van der Waals surface area contributed by atoms with Crippen molar-refractivity contribution < 1.29 is 23.7 Å². The Balaban J connectivity index is 2.91. The second-order valence-electron chi connectivity index (χ2n) is 4.52. The molecule has 7 heteroatoms. The lowest BCUT2D eigenvalue weighted by atomic mass is 10.6. The van der Waals surface area contributed by atoms with Gasteiger partial charge in [0.25, 0.3) is 0 Å². The van der Waals surface area contributed by atoms with E-state index in [9.17, 15) is 0 Å². The van der Waals surface area contributed by atoms with Crippen molar-refractivity contribution in [1.82, 2.24) is 10.6 Å². The Bertz CT molecular complexity index is 179. The Hall–Kier alpha value is -0.280. The molecule has 0 bridgehead atoms. The fourth-order valence-electron chi connectivity index (χ4n) is 1.48. The zero-order valence-electron chi connectivity index (χ0n) is 14.2. The van der Waals surface area contributed by atoms with Gasteiger partial charge in [0.05, 0.1) is 66.1 Å². The van der Waals surface area contributed by atoms with E-state index >= 15 is 0 Å². The lowest BCUT2D eigenvalue weighted by Crippen LogP contribution is -2.20. The van der Waals surface area contributed by atoms with E-state index in [0.717, 1.165) is 26.2 Å². The first-order valence-corrected chi connectivity index (χ1v) is 8.15. The molecule has 0 aromatic rings. The third kappa shape index (κ3) is 19.7. The zero-order valence-corrected chi connectivity index (χ0v) is 14.2. The van der Waals surface area contributed by atoms with Crippen molar-refractivity contribution in [3.8, 4) is 0 Å². The minimum absolute atomic E-state index is 0.582. The van der Waals surface area contributed by atoms with Gasteiger partial charge >= 0.3 is 0 Å². The van der Waals surface area contributed by atoms with Gasteiger partial charge < -0.3 is 34.3 Å². The van der Waals surface area contributed by atoms with E-state index < -0.39 is 0 Å². The van der Waals surface area contributed by atoms with E-state index in [0.29, 0.717) is 59.5 Å². The Labute approximate surface area is 135 Å². The standard InChI is InChI=1S/C15H34N2O5/c1-3-17-5-7-19-9-11-21-13-15-22-14-12-20-10-8-18-6-4-16-2/h16-17H,3-15H2,1-2H3. The maximum absolute atomic E-state index is 5.39. The quantitative estimate of drug-likeness (QED) is 0.322. The van der Waals surface area contributed by atoms with Crippen LogP contribution in [0.4, 0.5) is 0 Å². The van der Waals surface area contributed by atoms with Crippen LogP contribution in [0.1, 0.15) is 6.92 Å². The minimum atomic E-state index is 0.582. The number of rotatable bonds is 19. The number of hydrogen-bond acceptors (Lipinski definition) is 7. The van der Waals surface area contributed by atoms with Gasteiger partial charge in [-0.2, -0.15) is 0 Å². The van der Waals surface area contributed by atoms with Gasteiger partial charge in [-0.1, -0.05) is 6.92 Å². The van der Waals surface area contributed by atoms with Crippen molar-refractivity contribution in [1.29, 1.82) is 0 Å². The normalized spacial score (nSPS) is 11.2. The molecule has 0 aliphatic rings. The van der Waals surface area contributed by atoms with Crippen LogP contribution in [-0.2, 0) is 23.7 Å². The van der Waals surface area contributed by atoms with Crippen molar-refractivity contribution in [2.45, 2.75) is 6.92 Å². The Morgan fingerprint density at radius 2 is 0.909 bits per heavy atom. The number of hydrogen-bond donors (Lipinski definition) is 2. The van der Waals surface area contributed by atoms with E-state index in [1.807, 2.05) is 7.05 Å². The summed E-state index contributed by atoms with van der Waals surface area (Å²) in [6.45, 7) is 11.0. The number of likely N-dealkylation sites (N-methyl/N-ethyl adjacent to an activating group) is 2. The molecule has 0 atom stereocenters. The van der Waals surface area contributed by atoms with Crippen molar-refractivity contribution in [2.75, 3.05) is 92.8 Å². The molecule has 0 unspecified atom stereocenters. The molecule has 0 aliphatic carbocycles. The van der Waals surface area contributed by atoms with E-state index in [1.54, 1.807) is 0 Å². The zero-order chi connectivity index (χ0) is 16.1. The van der Waals surface area contributed by atoms with Crippen molar-refractivity contribution in [3.05, 3.63) is 0 Å². The molecule has 0 aliphatic heterocycles. The maximum Gasteiger partial charge on any atom is 0.0701 e. The van der Waals surface area contributed by atoms with Crippen LogP contribution in [0.15, 0.2) is 0 Å². The third-order valence-corrected chi connectivity index (χ3v) is 2.66. The van der Waals surface area contributed by atoms with E-state index in [2.05, 4.69) is 17.6 Å². The molecule has 0 aromatic carbocycles. The molecular weight excluding hydrogens is 288 g/mol. The summed E-state index contributed by atoms with van der Waals surface area (Å²) in [5, 5.41) is 6.21. The minimum Gasteiger partial charge on any atom is -0.378 e. The van der Waals surface area contributed by atoms with Gasteiger partial charge in [-0.05, 0) is 13.6 Å². The van der Waals surface area contributed by atoms with Gasteiger partial charge in [-0.25, -0.2) is 0 Å². The molecule has 2 N–H and O–H groups in total. The highest BCUT2D eigenvalue weighted by atomic mass is 16.6. The molecule has 0 radical (unpaired) electrons.